The van der Waals surface area contributed by atoms with Gasteiger partial charge in [-0.2, -0.15) is 0 Å². The van der Waals surface area contributed by atoms with Gasteiger partial charge in [0.25, 0.3) is 5.69 Å². The maximum Gasteiger partial charge on any atom is 0.513 e. The first kappa shape index (κ1) is 16.4. The first-order chi connectivity index (χ1) is 11.1. The first-order valence-corrected chi connectivity index (χ1v) is 6.86. The van der Waals surface area contributed by atoms with E-state index in [1.54, 1.807) is 36.4 Å². The molecule has 0 radical (unpaired) electrons. The summed E-state index contributed by atoms with van der Waals surface area (Å²) in [5, 5.41) is 19.4. The van der Waals surface area contributed by atoms with E-state index in [1.165, 1.54) is 12.1 Å². The van der Waals surface area contributed by atoms with Gasteiger partial charge in [0.2, 0.25) is 0 Å². The van der Waals surface area contributed by atoms with Gasteiger partial charge in [0.05, 0.1) is 18.1 Å². The second-order valence-corrected chi connectivity index (χ2v) is 4.68. The molecule has 2 aromatic carbocycles. The van der Waals surface area contributed by atoms with E-state index in [0.29, 0.717) is 17.7 Å². The van der Waals surface area contributed by atoms with Crippen LogP contribution in [0.5, 0.6) is 5.75 Å². The van der Waals surface area contributed by atoms with Crippen LogP contribution in [-0.2, 0) is 17.8 Å². The number of hydrogen-bond donors (Lipinski definition) is 1. The summed E-state index contributed by atoms with van der Waals surface area (Å²) in [5.41, 5.74) is 1.54. The maximum atomic E-state index is 11.5. The SMILES string of the molecule is O=C(OCCc1ccc([N+](=O)[O-])cc1)Oc1ccc(CO)cc1. The molecule has 0 aromatic heterocycles. The number of nitrogens with zero attached hydrogens (tertiary/aromatic N) is 1. The van der Waals surface area contributed by atoms with Crippen molar-refractivity contribution in [2.75, 3.05) is 6.61 Å². The summed E-state index contributed by atoms with van der Waals surface area (Å²) in [6.07, 6.45) is -0.403. The molecule has 7 nitrogen and oxygen atoms in total. The largest absolute Gasteiger partial charge is 0.513 e. The normalized spacial score (nSPS) is 10.1. The minimum absolute atomic E-state index is 0.0143. The molecule has 23 heavy (non-hydrogen) atoms. The molecule has 0 atom stereocenters. The van der Waals surface area contributed by atoms with Crippen LogP contribution in [0.1, 0.15) is 11.1 Å². The Morgan fingerprint density at radius 2 is 1.65 bits per heavy atom. The molecule has 0 aliphatic rings. The fourth-order valence-electron chi connectivity index (χ4n) is 1.83. The zero-order valence-electron chi connectivity index (χ0n) is 12.2. The quantitative estimate of drug-likeness (QED) is 0.381. The maximum absolute atomic E-state index is 11.5. The Bertz CT molecular complexity index is 666. The average Bonchev–Trinajstić information content (AvgIpc) is 2.56. The lowest BCUT2D eigenvalue weighted by atomic mass is 10.1. The highest BCUT2D eigenvalue weighted by Gasteiger charge is 2.07. The van der Waals surface area contributed by atoms with Crippen LogP contribution in [0.25, 0.3) is 0 Å². The van der Waals surface area contributed by atoms with E-state index in [-0.39, 0.29) is 18.9 Å². The minimum atomic E-state index is -0.830. The lowest BCUT2D eigenvalue weighted by molar-refractivity contribution is -0.384. The summed E-state index contributed by atoms with van der Waals surface area (Å²) >= 11 is 0. The van der Waals surface area contributed by atoms with Crippen molar-refractivity contribution < 1.29 is 24.3 Å². The van der Waals surface area contributed by atoms with E-state index in [0.717, 1.165) is 5.56 Å². The number of ether oxygens (including phenoxy) is 2. The summed E-state index contributed by atoms with van der Waals surface area (Å²) in [6.45, 7) is 0.0192. The van der Waals surface area contributed by atoms with E-state index >= 15 is 0 Å². The van der Waals surface area contributed by atoms with Crippen LogP contribution in [0.3, 0.4) is 0 Å². The molecule has 0 aliphatic carbocycles. The van der Waals surface area contributed by atoms with Crippen molar-refractivity contribution in [3.8, 4) is 5.75 Å². The summed E-state index contributed by atoms with van der Waals surface area (Å²) < 4.78 is 9.91. The molecule has 0 spiro atoms. The molecule has 2 rings (SSSR count). The van der Waals surface area contributed by atoms with Gasteiger partial charge in [-0.25, -0.2) is 4.79 Å². The number of carbonyl (C=O) groups is 1. The van der Waals surface area contributed by atoms with Crippen molar-refractivity contribution >= 4 is 11.8 Å². The van der Waals surface area contributed by atoms with Crippen LogP contribution >= 0.6 is 0 Å². The van der Waals surface area contributed by atoms with Crippen molar-refractivity contribution in [2.24, 2.45) is 0 Å². The fourth-order valence-corrected chi connectivity index (χ4v) is 1.83. The number of aliphatic hydroxyl groups excluding tert-OH is 1. The number of nitro groups is 1. The highest BCUT2D eigenvalue weighted by atomic mass is 16.7. The van der Waals surface area contributed by atoms with Crippen molar-refractivity contribution in [1.82, 2.24) is 0 Å². The van der Waals surface area contributed by atoms with E-state index in [4.69, 9.17) is 14.6 Å². The third-order valence-corrected chi connectivity index (χ3v) is 3.06. The second kappa shape index (κ2) is 7.90. The van der Waals surface area contributed by atoms with E-state index < -0.39 is 11.1 Å². The Morgan fingerprint density at radius 3 is 2.22 bits per heavy atom. The molecule has 120 valence electrons. The Labute approximate surface area is 132 Å². The molecule has 1 N–H and O–H groups in total. The lowest BCUT2D eigenvalue weighted by Crippen LogP contribution is -2.12. The number of non-ortho nitro benzene ring substituents is 1. The Balaban J connectivity index is 1.76. The smallest absolute Gasteiger partial charge is 0.434 e. The van der Waals surface area contributed by atoms with Gasteiger partial charge >= 0.3 is 6.16 Å². The zero-order chi connectivity index (χ0) is 16.7. The van der Waals surface area contributed by atoms with Crippen LogP contribution in [0.4, 0.5) is 10.5 Å². The van der Waals surface area contributed by atoms with Crippen molar-refractivity contribution in [2.45, 2.75) is 13.0 Å². The average molecular weight is 317 g/mol. The van der Waals surface area contributed by atoms with Crippen molar-refractivity contribution in [1.29, 1.82) is 0 Å². The number of carbonyl (C=O) groups excluding carboxylic acids is 1. The molecular weight excluding hydrogens is 302 g/mol. The molecular formula is C16H15NO6. The number of aliphatic hydroxyl groups is 1. The highest BCUT2D eigenvalue weighted by Crippen LogP contribution is 2.14. The molecule has 0 aliphatic heterocycles. The molecule has 0 amide bonds. The van der Waals surface area contributed by atoms with E-state index in [9.17, 15) is 14.9 Å². The van der Waals surface area contributed by atoms with Crippen molar-refractivity contribution in [3.63, 3.8) is 0 Å². The Morgan fingerprint density at radius 1 is 1.04 bits per heavy atom. The monoisotopic (exact) mass is 317 g/mol. The second-order valence-electron chi connectivity index (χ2n) is 4.68. The van der Waals surface area contributed by atoms with Crippen LogP contribution in [-0.4, -0.2) is 22.8 Å². The van der Waals surface area contributed by atoms with Crippen LogP contribution in [0, 0.1) is 10.1 Å². The topological polar surface area (TPSA) is 98.9 Å². The Hall–Kier alpha value is -2.93. The lowest BCUT2D eigenvalue weighted by Gasteiger charge is -2.06. The van der Waals surface area contributed by atoms with Crippen LogP contribution in [0.15, 0.2) is 48.5 Å². The summed E-state index contributed by atoms with van der Waals surface area (Å²) in [7, 11) is 0. The summed E-state index contributed by atoms with van der Waals surface area (Å²) in [5.74, 6) is 0.322. The van der Waals surface area contributed by atoms with E-state index in [2.05, 4.69) is 0 Å². The van der Waals surface area contributed by atoms with Gasteiger partial charge in [-0.05, 0) is 23.3 Å². The van der Waals surface area contributed by atoms with Crippen LogP contribution in [0.2, 0.25) is 0 Å². The molecule has 0 bridgehead atoms. The number of hydrogen-bond acceptors (Lipinski definition) is 6. The Kier molecular flexibility index (Phi) is 5.65. The third-order valence-electron chi connectivity index (χ3n) is 3.06. The fraction of sp³-hybridized carbons (Fsp3) is 0.188. The molecule has 0 saturated heterocycles. The standard InChI is InChI=1S/C16H15NO6/c18-11-13-3-7-15(8-4-13)23-16(19)22-10-9-12-1-5-14(6-2-12)17(20)21/h1-8,18H,9-11H2. The van der Waals surface area contributed by atoms with Gasteiger partial charge in [-0.3, -0.25) is 10.1 Å². The van der Waals surface area contributed by atoms with Gasteiger partial charge in [-0.15, -0.1) is 0 Å². The van der Waals surface area contributed by atoms with Gasteiger partial charge in [0.15, 0.2) is 0 Å². The predicted molar refractivity (Wildman–Crippen MR) is 81.1 cm³/mol. The van der Waals surface area contributed by atoms with Gasteiger partial charge in [-0.1, -0.05) is 24.3 Å². The molecule has 0 heterocycles. The molecule has 0 fully saturated rings. The van der Waals surface area contributed by atoms with E-state index in [1.807, 2.05) is 0 Å². The van der Waals surface area contributed by atoms with Gasteiger partial charge in [0, 0.05) is 18.6 Å². The first-order valence-electron chi connectivity index (χ1n) is 6.86. The number of nitro benzene ring substituents is 1. The van der Waals surface area contributed by atoms with Crippen LogP contribution < -0.4 is 4.74 Å². The summed E-state index contributed by atoms with van der Waals surface area (Å²) in [4.78, 5) is 21.6. The highest BCUT2D eigenvalue weighted by molar-refractivity contribution is 5.63. The predicted octanol–water partition coefficient (Wildman–Crippen LogP) is 2.85. The number of rotatable bonds is 6. The number of benzene rings is 2. The minimum Gasteiger partial charge on any atom is -0.434 e. The summed E-state index contributed by atoms with van der Waals surface area (Å²) in [6, 6.07) is 12.4. The zero-order valence-corrected chi connectivity index (χ0v) is 12.2. The molecule has 2 aromatic rings. The van der Waals surface area contributed by atoms with Gasteiger partial charge < -0.3 is 14.6 Å². The third kappa shape index (κ3) is 5.08. The molecule has 7 heteroatoms. The molecule has 0 unspecified atom stereocenters. The molecule has 0 saturated carbocycles. The van der Waals surface area contributed by atoms with Crippen molar-refractivity contribution in [3.05, 3.63) is 69.8 Å². The van der Waals surface area contributed by atoms with Gasteiger partial charge in [0.1, 0.15) is 5.75 Å².